The van der Waals surface area contributed by atoms with Crippen molar-refractivity contribution in [1.29, 1.82) is 0 Å². The summed E-state index contributed by atoms with van der Waals surface area (Å²) in [5.74, 6) is -1.83. The highest BCUT2D eigenvalue weighted by Crippen LogP contribution is 2.55. The van der Waals surface area contributed by atoms with Crippen LogP contribution in [-0.4, -0.2) is 84.7 Å². The van der Waals surface area contributed by atoms with Crippen molar-refractivity contribution in [2.24, 2.45) is 5.92 Å². The van der Waals surface area contributed by atoms with Crippen LogP contribution in [0.2, 0.25) is 5.02 Å². The Hall–Kier alpha value is -2.10. The number of halogens is 3. The zero-order valence-corrected chi connectivity index (χ0v) is 27.6. The molecule has 9 heteroatoms. The molecule has 0 aromatic heterocycles. The van der Waals surface area contributed by atoms with Crippen LogP contribution in [0.5, 0.6) is 0 Å². The number of hydrogen-bond acceptors (Lipinski definition) is 5. The Balaban J connectivity index is 1.13. The molecule has 0 bridgehead atoms. The van der Waals surface area contributed by atoms with Crippen molar-refractivity contribution in [3.8, 4) is 0 Å². The summed E-state index contributed by atoms with van der Waals surface area (Å²) in [5.41, 5.74) is 3.20. The molecule has 5 aliphatic heterocycles. The van der Waals surface area contributed by atoms with E-state index in [1.807, 2.05) is 4.90 Å². The number of rotatable bonds is 5. The van der Waals surface area contributed by atoms with Gasteiger partial charge in [-0.25, -0.2) is 8.78 Å². The monoisotopic (exact) mass is 641 g/mol. The van der Waals surface area contributed by atoms with Crippen molar-refractivity contribution >= 4 is 17.5 Å². The van der Waals surface area contributed by atoms with Crippen molar-refractivity contribution in [3.63, 3.8) is 0 Å². The highest BCUT2D eigenvalue weighted by atomic mass is 35.5. The number of ether oxygens (including phenoxy) is 2. The van der Waals surface area contributed by atoms with E-state index in [1.54, 1.807) is 0 Å². The molecule has 2 aromatic rings. The lowest BCUT2D eigenvalue weighted by Crippen LogP contribution is -2.50. The summed E-state index contributed by atoms with van der Waals surface area (Å²) in [5, 5.41) is 0.748. The first-order valence-corrected chi connectivity index (χ1v) is 17.2. The van der Waals surface area contributed by atoms with E-state index in [0.717, 1.165) is 42.6 Å². The van der Waals surface area contributed by atoms with Crippen LogP contribution in [0, 0.1) is 24.5 Å². The summed E-state index contributed by atoms with van der Waals surface area (Å²) in [6, 6.07) is 8.42. The molecule has 6 nitrogen and oxygen atoms in total. The minimum Gasteiger partial charge on any atom is -0.381 e. The smallest absolute Gasteiger partial charge is 0.227 e. The summed E-state index contributed by atoms with van der Waals surface area (Å²) in [6.07, 6.45) is 5.51. The van der Waals surface area contributed by atoms with Crippen LogP contribution in [0.4, 0.5) is 8.78 Å². The van der Waals surface area contributed by atoms with E-state index >= 15 is 4.39 Å². The number of carbonyl (C=O) groups excluding carboxylic acids is 1. The van der Waals surface area contributed by atoms with Gasteiger partial charge in [-0.05, 0) is 107 Å². The maximum absolute atomic E-state index is 15.2. The van der Waals surface area contributed by atoms with Crippen LogP contribution < -0.4 is 0 Å². The Kier molecular flexibility index (Phi) is 8.52. The van der Waals surface area contributed by atoms with Crippen LogP contribution in [0.15, 0.2) is 30.3 Å². The normalized spacial score (nSPS) is 27.9. The third-order valence-electron chi connectivity index (χ3n) is 11.6. The van der Waals surface area contributed by atoms with Gasteiger partial charge in [-0.3, -0.25) is 14.6 Å². The fourth-order valence-electron chi connectivity index (χ4n) is 8.91. The number of piperidine rings is 1. The number of likely N-dealkylation sites (tertiary alicyclic amines) is 3. The predicted octanol–water partition coefficient (Wildman–Crippen LogP) is 6.58. The highest BCUT2D eigenvalue weighted by Gasteiger charge is 2.54. The molecular weight excluding hydrogens is 596 g/mol. The first-order valence-electron chi connectivity index (χ1n) is 16.9. The second-order valence-corrected chi connectivity index (χ2v) is 14.9. The largest absolute Gasteiger partial charge is 0.381 e. The second kappa shape index (κ2) is 12.2. The number of hydrogen-bond donors (Lipinski definition) is 0. The Morgan fingerprint density at radius 3 is 2.38 bits per heavy atom. The predicted molar refractivity (Wildman–Crippen MR) is 170 cm³/mol. The first kappa shape index (κ1) is 31.5. The van der Waals surface area contributed by atoms with Gasteiger partial charge >= 0.3 is 0 Å². The molecule has 0 N–H and O–H groups in total. The number of nitrogens with zero attached hydrogens (tertiary/aromatic N) is 3. The highest BCUT2D eigenvalue weighted by molar-refractivity contribution is 6.31. The average molecular weight is 642 g/mol. The minimum atomic E-state index is -0.599. The molecule has 1 amide bonds. The SMILES string of the molecule is Cc1cc2c(cc1Cl)C1(CCN(C(=O)[C@@H]3CN(C4CCOCC4)C[C@H]3c3ccc(F)cc3F)CC1)O[C@@H]2C(C)(C)N1CCCC1. The van der Waals surface area contributed by atoms with E-state index in [1.165, 1.54) is 36.1 Å². The average Bonchev–Trinajstić information content (AvgIpc) is 3.79. The molecule has 1 spiro atoms. The number of fused-ring (bicyclic) bond motifs is 2. The van der Waals surface area contributed by atoms with Gasteiger partial charge in [0.05, 0.1) is 11.5 Å². The van der Waals surface area contributed by atoms with Crippen LogP contribution >= 0.6 is 11.6 Å². The zero-order valence-electron chi connectivity index (χ0n) is 26.8. The van der Waals surface area contributed by atoms with E-state index in [0.29, 0.717) is 63.8 Å². The van der Waals surface area contributed by atoms with Crippen molar-refractivity contribution in [2.75, 3.05) is 52.5 Å². The van der Waals surface area contributed by atoms with Gasteiger partial charge in [0, 0.05) is 68.0 Å². The van der Waals surface area contributed by atoms with Crippen LogP contribution in [0.1, 0.15) is 86.6 Å². The standard InChI is InChI=1S/C36H46ClF2N3O3/c1-23-18-27-30(20-31(23)37)36(45-33(27)35(2,3)42-12-4-5-13-42)10-14-40(15-11-36)34(43)29-22-41(25-8-16-44-17-9-25)21-28(29)26-7-6-24(38)19-32(26)39/h6-7,18-20,25,28-29,33H,4-5,8-17,21-22H2,1-3H3/t28-,29+,33-/m0/s1. The van der Waals surface area contributed by atoms with E-state index in [2.05, 4.69) is 42.7 Å². The minimum absolute atomic E-state index is 0.0576. The Morgan fingerprint density at radius 2 is 1.69 bits per heavy atom. The molecule has 5 aliphatic rings. The van der Waals surface area contributed by atoms with E-state index in [9.17, 15) is 9.18 Å². The molecule has 45 heavy (non-hydrogen) atoms. The third kappa shape index (κ3) is 5.62. The lowest BCUT2D eigenvalue weighted by Gasteiger charge is -2.44. The maximum atomic E-state index is 15.2. The topological polar surface area (TPSA) is 45.3 Å². The number of amides is 1. The van der Waals surface area contributed by atoms with Gasteiger partial charge in [-0.15, -0.1) is 0 Å². The lowest BCUT2D eigenvalue weighted by molar-refractivity contribution is -0.159. The molecule has 2 aromatic carbocycles. The van der Waals surface area contributed by atoms with Crippen LogP contribution in [0.25, 0.3) is 0 Å². The molecule has 0 radical (unpaired) electrons. The molecular formula is C36H46ClF2N3O3. The van der Waals surface area contributed by atoms with Gasteiger partial charge in [-0.1, -0.05) is 23.7 Å². The van der Waals surface area contributed by atoms with Gasteiger partial charge in [0.2, 0.25) is 5.91 Å². The Bertz CT molecular complexity index is 1430. The molecule has 0 unspecified atom stereocenters. The van der Waals surface area contributed by atoms with Gasteiger partial charge < -0.3 is 14.4 Å². The van der Waals surface area contributed by atoms with Gasteiger partial charge in [0.1, 0.15) is 17.7 Å². The summed E-state index contributed by atoms with van der Waals surface area (Å²) < 4.78 is 41.8. The zero-order chi connectivity index (χ0) is 31.5. The fourth-order valence-corrected chi connectivity index (χ4v) is 9.08. The lowest BCUT2D eigenvalue weighted by atomic mass is 9.80. The van der Waals surface area contributed by atoms with Crippen molar-refractivity contribution in [1.82, 2.24) is 14.7 Å². The van der Waals surface area contributed by atoms with E-state index in [-0.39, 0.29) is 23.5 Å². The van der Waals surface area contributed by atoms with E-state index in [4.69, 9.17) is 21.1 Å². The maximum Gasteiger partial charge on any atom is 0.227 e. The molecule has 4 saturated heterocycles. The quantitative estimate of drug-likeness (QED) is 0.369. The molecule has 5 heterocycles. The number of carbonyl (C=O) groups is 1. The molecule has 7 rings (SSSR count). The summed E-state index contributed by atoms with van der Waals surface area (Å²) in [6.45, 7) is 12.5. The van der Waals surface area contributed by atoms with Crippen LogP contribution in [0.3, 0.4) is 0 Å². The van der Waals surface area contributed by atoms with Crippen molar-refractivity contribution < 1.29 is 23.0 Å². The molecule has 3 atom stereocenters. The number of benzene rings is 2. The molecule has 0 saturated carbocycles. The van der Waals surface area contributed by atoms with Crippen molar-refractivity contribution in [3.05, 3.63) is 69.2 Å². The Morgan fingerprint density at radius 1 is 0.978 bits per heavy atom. The van der Waals surface area contributed by atoms with Gasteiger partial charge in [0.15, 0.2) is 0 Å². The molecule has 244 valence electrons. The number of aryl methyl sites for hydroxylation is 1. The third-order valence-corrected chi connectivity index (χ3v) is 12.0. The van der Waals surface area contributed by atoms with Gasteiger partial charge in [0.25, 0.3) is 0 Å². The summed E-state index contributed by atoms with van der Waals surface area (Å²) in [4.78, 5) is 21.2. The second-order valence-electron chi connectivity index (χ2n) is 14.5. The van der Waals surface area contributed by atoms with Crippen LogP contribution in [-0.2, 0) is 19.9 Å². The summed E-state index contributed by atoms with van der Waals surface area (Å²) >= 11 is 6.73. The molecule has 4 fully saturated rings. The van der Waals surface area contributed by atoms with Crippen molar-refractivity contribution in [2.45, 2.75) is 88.5 Å². The van der Waals surface area contributed by atoms with Gasteiger partial charge in [-0.2, -0.15) is 0 Å². The molecule has 0 aliphatic carbocycles. The van der Waals surface area contributed by atoms with E-state index < -0.39 is 23.2 Å². The Labute approximate surface area is 271 Å². The first-order chi connectivity index (χ1) is 21.6. The fraction of sp³-hybridized carbons (Fsp3) is 0.639. The summed E-state index contributed by atoms with van der Waals surface area (Å²) in [7, 11) is 0.